The minimum Gasteiger partial charge on any atom is -0.382 e. The normalized spacial score (nSPS) is 11.5. The van der Waals surface area contributed by atoms with Crippen LogP contribution in [0, 0.1) is 5.82 Å². The summed E-state index contributed by atoms with van der Waals surface area (Å²) in [6.07, 6.45) is 0. The first kappa shape index (κ1) is 21.8. The zero-order valence-corrected chi connectivity index (χ0v) is 17.1. The second-order valence-electron chi connectivity index (χ2n) is 6.62. The Labute approximate surface area is 165 Å². The molecule has 0 aromatic heterocycles. The zero-order chi connectivity index (χ0) is 20.7. The first-order chi connectivity index (χ1) is 13.2. The van der Waals surface area contributed by atoms with Gasteiger partial charge in [-0.1, -0.05) is 18.2 Å². The highest BCUT2D eigenvalue weighted by atomic mass is 32.2. The van der Waals surface area contributed by atoms with E-state index in [9.17, 15) is 17.6 Å². The molecule has 0 atom stereocenters. The average molecular weight is 408 g/mol. The highest BCUT2D eigenvalue weighted by molar-refractivity contribution is 7.87. The summed E-state index contributed by atoms with van der Waals surface area (Å²) >= 11 is 0. The Balaban J connectivity index is 2.24. The molecule has 0 bridgehead atoms. The van der Waals surface area contributed by atoms with E-state index in [0.717, 1.165) is 0 Å². The number of hydrogen-bond donors (Lipinski definition) is 0. The molecule has 2 rings (SSSR count). The molecule has 0 N–H and O–H groups in total. The number of amides is 1. The molecule has 0 aliphatic heterocycles. The summed E-state index contributed by atoms with van der Waals surface area (Å²) in [5, 5.41) is 0. The van der Waals surface area contributed by atoms with Crippen molar-refractivity contribution in [3.63, 3.8) is 0 Å². The minimum atomic E-state index is -3.63. The standard InChI is InChI=1S/C20H25FN2O4S/c1-4-28(25,26)27-19-10-5-7-16(13-19)15-23(12-11-22(2)3)20(24)17-8-6-9-18(21)14-17/h5-10,13-14H,4,11-12,15H2,1-3H3. The molecule has 1 amide bonds. The molecule has 2 aromatic rings. The van der Waals surface area contributed by atoms with Gasteiger partial charge in [-0.2, -0.15) is 8.42 Å². The number of carbonyl (C=O) groups excluding carboxylic acids is 1. The topological polar surface area (TPSA) is 66.9 Å². The van der Waals surface area contributed by atoms with Crippen molar-refractivity contribution in [3.05, 3.63) is 65.5 Å². The summed E-state index contributed by atoms with van der Waals surface area (Å²) in [4.78, 5) is 16.4. The molecule has 6 nitrogen and oxygen atoms in total. The lowest BCUT2D eigenvalue weighted by Gasteiger charge is -2.25. The highest BCUT2D eigenvalue weighted by Gasteiger charge is 2.18. The van der Waals surface area contributed by atoms with Gasteiger partial charge in [0.1, 0.15) is 11.6 Å². The molecule has 0 aliphatic carbocycles. The molecule has 0 saturated carbocycles. The van der Waals surface area contributed by atoms with Crippen molar-refractivity contribution in [1.82, 2.24) is 9.80 Å². The molecule has 0 saturated heterocycles. The number of hydrogen-bond acceptors (Lipinski definition) is 5. The van der Waals surface area contributed by atoms with Crippen LogP contribution < -0.4 is 4.18 Å². The van der Waals surface area contributed by atoms with E-state index in [-0.39, 0.29) is 29.5 Å². The largest absolute Gasteiger partial charge is 0.382 e. The number of nitrogens with zero attached hydrogens (tertiary/aromatic N) is 2. The SMILES string of the molecule is CCS(=O)(=O)Oc1cccc(CN(CCN(C)C)C(=O)c2cccc(F)c2)c1. The maximum Gasteiger partial charge on any atom is 0.308 e. The molecule has 28 heavy (non-hydrogen) atoms. The third-order valence-corrected chi connectivity index (χ3v) is 5.18. The Morgan fingerprint density at radius 3 is 2.43 bits per heavy atom. The van der Waals surface area contributed by atoms with Crippen LogP contribution in [0.15, 0.2) is 48.5 Å². The van der Waals surface area contributed by atoms with Crippen molar-refractivity contribution in [2.75, 3.05) is 32.9 Å². The van der Waals surface area contributed by atoms with E-state index in [1.807, 2.05) is 19.0 Å². The second-order valence-corrected chi connectivity index (χ2v) is 8.48. The summed E-state index contributed by atoms with van der Waals surface area (Å²) in [5.41, 5.74) is 0.979. The number of likely N-dealkylation sites (N-methyl/N-ethyl adjacent to an activating group) is 1. The van der Waals surface area contributed by atoms with Crippen LogP contribution in [0.4, 0.5) is 4.39 Å². The lowest BCUT2D eigenvalue weighted by molar-refractivity contribution is 0.0731. The molecule has 0 spiro atoms. The first-order valence-electron chi connectivity index (χ1n) is 8.91. The summed E-state index contributed by atoms with van der Waals surface area (Å²) in [5.74, 6) is -0.706. The second kappa shape index (κ2) is 9.66. The number of halogens is 1. The number of rotatable bonds is 9. The molecule has 2 aromatic carbocycles. The third-order valence-electron chi connectivity index (χ3n) is 4.02. The fourth-order valence-electron chi connectivity index (χ4n) is 2.50. The quantitative estimate of drug-likeness (QED) is 0.597. The van der Waals surface area contributed by atoms with Gasteiger partial charge in [0.15, 0.2) is 0 Å². The van der Waals surface area contributed by atoms with E-state index in [2.05, 4.69) is 0 Å². The Morgan fingerprint density at radius 1 is 1.07 bits per heavy atom. The van der Waals surface area contributed by atoms with Crippen molar-refractivity contribution in [3.8, 4) is 5.75 Å². The smallest absolute Gasteiger partial charge is 0.308 e. The first-order valence-corrected chi connectivity index (χ1v) is 10.5. The molecular formula is C20H25FN2O4S. The van der Waals surface area contributed by atoms with E-state index in [4.69, 9.17) is 4.18 Å². The third kappa shape index (κ3) is 6.61. The van der Waals surface area contributed by atoms with Gasteiger partial charge in [0.25, 0.3) is 5.91 Å². The average Bonchev–Trinajstić information content (AvgIpc) is 2.64. The predicted octanol–water partition coefficient (Wildman–Crippen LogP) is 2.76. The lowest BCUT2D eigenvalue weighted by Crippen LogP contribution is -2.36. The Bertz CT molecular complexity index is 916. The molecule has 0 heterocycles. The maximum atomic E-state index is 13.5. The maximum absolute atomic E-state index is 13.5. The fourth-order valence-corrected chi connectivity index (χ4v) is 3.01. The summed E-state index contributed by atoms with van der Waals surface area (Å²) in [6, 6.07) is 12.2. The van der Waals surface area contributed by atoms with E-state index in [1.165, 1.54) is 25.1 Å². The monoisotopic (exact) mass is 408 g/mol. The van der Waals surface area contributed by atoms with Gasteiger partial charge in [-0.15, -0.1) is 0 Å². The molecule has 0 aliphatic rings. The van der Waals surface area contributed by atoms with Gasteiger partial charge in [-0.25, -0.2) is 4.39 Å². The van der Waals surface area contributed by atoms with Gasteiger partial charge < -0.3 is 14.0 Å². The Hall–Kier alpha value is -2.45. The van der Waals surface area contributed by atoms with Crippen LogP contribution in [-0.2, 0) is 16.7 Å². The lowest BCUT2D eigenvalue weighted by atomic mass is 10.1. The van der Waals surface area contributed by atoms with Crippen molar-refractivity contribution in [2.45, 2.75) is 13.5 Å². The highest BCUT2D eigenvalue weighted by Crippen LogP contribution is 2.18. The van der Waals surface area contributed by atoms with Gasteiger partial charge in [-0.05, 0) is 56.9 Å². The van der Waals surface area contributed by atoms with E-state index >= 15 is 0 Å². The van der Waals surface area contributed by atoms with Crippen molar-refractivity contribution < 1.29 is 21.8 Å². The molecule has 8 heteroatoms. The van der Waals surface area contributed by atoms with Gasteiger partial charge in [-0.3, -0.25) is 4.79 Å². The zero-order valence-electron chi connectivity index (χ0n) is 16.3. The van der Waals surface area contributed by atoms with Crippen LogP contribution in [-0.4, -0.2) is 57.1 Å². The van der Waals surface area contributed by atoms with E-state index in [0.29, 0.717) is 18.7 Å². The van der Waals surface area contributed by atoms with Crippen molar-refractivity contribution in [1.29, 1.82) is 0 Å². The van der Waals surface area contributed by atoms with E-state index < -0.39 is 15.9 Å². The molecule has 0 unspecified atom stereocenters. The van der Waals surface area contributed by atoms with Gasteiger partial charge in [0.2, 0.25) is 0 Å². The van der Waals surface area contributed by atoms with Crippen LogP contribution in [0.2, 0.25) is 0 Å². The van der Waals surface area contributed by atoms with Crippen molar-refractivity contribution >= 4 is 16.0 Å². The van der Waals surface area contributed by atoms with Gasteiger partial charge in [0.05, 0.1) is 5.75 Å². The summed E-state index contributed by atoms with van der Waals surface area (Å²) in [7, 11) is 0.163. The number of carbonyl (C=O) groups is 1. The minimum absolute atomic E-state index is 0.135. The predicted molar refractivity (Wildman–Crippen MR) is 106 cm³/mol. The molecule has 0 fully saturated rings. The fraction of sp³-hybridized carbons (Fsp3) is 0.350. The number of benzene rings is 2. The van der Waals surface area contributed by atoms with Crippen LogP contribution >= 0.6 is 0 Å². The Morgan fingerprint density at radius 2 is 1.79 bits per heavy atom. The summed E-state index contributed by atoms with van der Waals surface area (Å²) in [6.45, 7) is 2.80. The van der Waals surface area contributed by atoms with Gasteiger partial charge in [0, 0.05) is 25.2 Å². The van der Waals surface area contributed by atoms with E-state index in [1.54, 1.807) is 35.2 Å². The molecule has 0 radical (unpaired) electrons. The van der Waals surface area contributed by atoms with Crippen LogP contribution in [0.5, 0.6) is 5.75 Å². The van der Waals surface area contributed by atoms with Crippen LogP contribution in [0.25, 0.3) is 0 Å². The summed E-state index contributed by atoms with van der Waals surface area (Å²) < 4.78 is 41.9. The van der Waals surface area contributed by atoms with Gasteiger partial charge >= 0.3 is 10.1 Å². The Kier molecular flexibility index (Phi) is 7.53. The van der Waals surface area contributed by atoms with Crippen LogP contribution in [0.3, 0.4) is 0 Å². The molecule has 152 valence electrons. The van der Waals surface area contributed by atoms with Crippen LogP contribution in [0.1, 0.15) is 22.8 Å². The van der Waals surface area contributed by atoms with Crippen molar-refractivity contribution in [2.24, 2.45) is 0 Å². The molecular weight excluding hydrogens is 383 g/mol.